The second-order valence-corrected chi connectivity index (χ2v) is 13.6. The average Bonchev–Trinajstić information content (AvgIpc) is 2.69. The van der Waals surface area contributed by atoms with Crippen molar-refractivity contribution >= 4 is 47.8 Å². The Morgan fingerprint density at radius 1 is 1.18 bits per heavy atom. The Morgan fingerprint density at radius 2 is 1.79 bits per heavy atom. The summed E-state index contributed by atoms with van der Waals surface area (Å²) in [4.78, 5) is 23.1. The maximum absolute atomic E-state index is 12.5. The van der Waals surface area contributed by atoms with Crippen molar-refractivity contribution in [3.8, 4) is 0 Å². The maximum atomic E-state index is 12.5. The molecule has 14 heteroatoms. The van der Waals surface area contributed by atoms with E-state index in [0.717, 1.165) is 30.3 Å². The van der Waals surface area contributed by atoms with E-state index in [0.29, 0.717) is 11.0 Å². The zero-order valence-corrected chi connectivity index (χ0v) is 21.1. The van der Waals surface area contributed by atoms with E-state index in [9.17, 15) is 31.2 Å². The number of alkyl halides is 5. The first-order valence-corrected chi connectivity index (χ1v) is 15.4. The summed E-state index contributed by atoms with van der Waals surface area (Å²) >= 11 is -1.77. The molecule has 0 heterocycles. The van der Waals surface area contributed by atoms with Crippen LogP contribution in [0.1, 0.15) is 13.8 Å². The summed E-state index contributed by atoms with van der Waals surface area (Å²) in [5.74, 6) is -3.21. The number of rotatable bonds is 13. The molecule has 33 heavy (non-hydrogen) atoms. The summed E-state index contributed by atoms with van der Waals surface area (Å²) in [6, 6.07) is 4.26. The number of aliphatic carboxylic acids is 1. The first-order chi connectivity index (χ1) is 15.1. The fraction of sp³-hybridized carbons (Fsp3) is 0.474. The molecular formula is C19H26F3IN2O7S. The molecule has 9 nitrogen and oxygen atoms in total. The van der Waals surface area contributed by atoms with Gasteiger partial charge in [0.1, 0.15) is 0 Å². The zero-order chi connectivity index (χ0) is 25.3. The Hall–Kier alpha value is -1.75. The Kier molecular flexibility index (Phi) is 11.2. The van der Waals surface area contributed by atoms with Crippen molar-refractivity contribution in [2.45, 2.75) is 30.5 Å². The monoisotopic (exact) mass is 610 g/mol. The summed E-state index contributed by atoms with van der Waals surface area (Å²) in [5, 5.41) is 10.1. The summed E-state index contributed by atoms with van der Waals surface area (Å²) in [6.45, 7) is 3.84. The van der Waals surface area contributed by atoms with E-state index in [2.05, 4.69) is 4.72 Å². The van der Waals surface area contributed by atoms with E-state index in [1.807, 2.05) is 4.93 Å². The SMILES string of the molecule is CI(CCOC(C)(C)CNS(=O)(=O)c1ccc(NC(=O)C(F)(F)F)cc1)OC/C=C/C(=O)O. The number of nitrogens with one attached hydrogen (secondary N) is 2. The molecule has 188 valence electrons. The van der Waals surface area contributed by atoms with Gasteiger partial charge in [-0.25, -0.2) is 0 Å². The predicted molar refractivity (Wildman–Crippen MR) is 124 cm³/mol. The van der Waals surface area contributed by atoms with E-state index in [-0.39, 0.29) is 23.7 Å². The van der Waals surface area contributed by atoms with Gasteiger partial charge >= 0.3 is 180 Å². The van der Waals surface area contributed by atoms with Gasteiger partial charge in [-0.1, -0.05) is 0 Å². The van der Waals surface area contributed by atoms with Gasteiger partial charge in [0.15, 0.2) is 0 Å². The van der Waals surface area contributed by atoms with Crippen LogP contribution in [-0.4, -0.2) is 66.3 Å². The van der Waals surface area contributed by atoms with Gasteiger partial charge < -0.3 is 0 Å². The minimum atomic E-state index is -5.05. The van der Waals surface area contributed by atoms with Crippen LogP contribution in [0.2, 0.25) is 0 Å². The number of sulfonamides is 1. The van der Waals surface area contributed by atoms with E-state index >= 15 is 0 Å². The number of carbonyl (C=O) groups is 2. The van der Waals surface area contributed by atoms with Crippen LogP contribution in [0.4, 0.5) is 18.9 Å². The van der Waals surface area contributed by atoms with Crippen molar-refractivity contribution < 1.29 is 44.1 Å². The van der Waals surface area contributed by atoms with Crippen LogP contribution < -0.4 is 10.0 Å². The third kappa shape index (κ3) is 11.8. The third-order valence-corrected chi connectivity index (χ3v) is 8.61. The molecule has 0 bridgehead atoms. The van der Waals surface area contributed by atoms with E-state index in [1.165, 1.54) is 6.08 Å². The molecule has 0 spiro atoms. The molecule has 0 aliphatic heterocycles. The molecule has 1 rings (SSSR count). The molecule has 0 radical (unpaired) electrons. The minimum absolute atomic E-state index is 0.0674. The summed E-state index contributed by atoms with van der Waals surface area (Å²) in [7, 11) is -3.97. The Bertz CT molecular complexity index is 936. The van der Waals surface area contributed by atoms with E-state index in [1.54, 1.807) is 19.2 Å². The van der Waals surface area contributed by atoms with Crippen LogP contribution in [0.5, 0.6) is 0 Å². The van der Waals surface area contributed by atoms with Crippen LogP contribution >= 0.6 is 20.2 Å². The van der Waals surface area contributed by atoms with E-state index in [4.69, 9.17) is 12.9 Å². The molecule has 0 fully saturated rings. The molecule has 0 atom stereocenters. The van der Waals surface area contributed by atoms with Gasteiger partial charge in [-0.2, -0.15) is 13.2 Å². The average molecular weight is 610 g/mol. The predicted octanol–water partition coefficient (Wildman–Crippen LogP) is 2.97. The van der Waals surface area contributed by atoms with Gasteiger partial charge in [0.05, 0.1) is 0 Å². The second kappa shape index (κ2) is 12.6. The second-order valence-electron chi connectivity index (χ2n) is 7.15. The Labute approximate surface area is 197 Å². The van der Waals surface area contributed by atoms with Crippen LogP contribution in [0, 0.1) is 0 Å². The molecule has 0 aliphatic carbocycles. The molecule has 1 amide bonds. The first kappa shape index (κ1) is 29.3. The summed E-state index contributed by atoms with van der Waals surface area (Å²) < 4.78 is 76.1. The number of carbonyl (C=O) groups excluding carboxylic acids is 1. The van der Waals surface area contributed by atoms with Crippen molar-refractivity contribution in [1.29, 1.82) is 0 Å². The summed E-state index contributed by atoms with van der Waals surface area (Å²) in [5.41, 5.74) is -1.05. The van der Waals surface area contributed by atoms with Gasteiger partial charge in [0.2, 0.25) is 0 Å². The van der Waals surface area contributed by atoms with Crippen molar-refractivity contribution in [3.63, 3.8) is 0 Å². The van der Waals surface area contributed by atoms with Crippen molar-refractivity contribution in [3.05, 3.63) is 36.4 Å². The molecular weight excluding hydrogens is 584 g/mol. The molecule has 1 aromatic carbocycles. The number of amides is 1. The van der Waals surface area contributed by atoms with Crippen LogP contribution in [-0.2, 0) is 27.4 Å². The van der Waals surface area contributed by atoms with Crippen LogP contribution in [0.15, 0.2) is 41.3 Å². The normalized spacial score (nSPS) is 13.2. The van der Waals surface area contributed by atoms with Gasteiger partial charge in [-0.3, -0.25) is 4.79 Å². The number of ether oxygens (including phenoxy) is 1. The van der Waals surface area contributed by atoms with Crippen LogP contribution in [0.25, 0.3) is 0 Å². The third-order valence-electron chi connectivity index (χ3n) is 3.81. The zero-order valence-electron chi connectivity index (χ0n) is 18.1. The molecule has 0 aliphatic rings. The Balaban J connectivity index is 2.52. The van der Waals surface area contributed by atoms with Crippen molar-refractivity contribution in [2.24, 2.45) is 0 Å². The molecule has 0 aromatic heterocycles. The number of hydrogen-bond donors (Lipinski definition) is 3. The van der Waals surface area contributed by atoms with Crippen molar-refractivity contribution in [1.82, 2.24) is 4.72 Å². The van der Waals surface area contributed by atoms with Gasteiger partial charge in [0.25, 0.3) is 0 Å². The molecule has 0 saturated carbocycles. The van der Waals surface area contributed by atoms with Gasteiger partial charge in [0, 0.05) is 0 Å². The number of anilines is 1. The molecule has 3 N–H and O–H groups in total. The quantitative estimate of drug-likeness (QED) is 0.178. The fourth-order valence-electron chi connectivity index (χ4n) is 2.09. The number of halogens is 4. The van der Waals surface area contributed by atoms with Crippen LogP contribution in [0.3, 0.4) is 0 Å². The Morgan fingerprint density at radius 3 is 2.33 bits per heavy atom. The van der Waals surface area contributed by atoms with Gasteiger partial charge in [-0.15, -0.1) is 0 Å². The summed E-state index contributed by atoms with van der Waals surface area (Å²) in [6.07, 6.45) is -2.64. The molecule has 0 unspecified atom stereocenters. The number of carboxylic acid groups (broad SMARTS) is 1. The first-order valence-electron chi connectivity index (χ1n) is 9.33. The molecule has 0 saturated heterocycles. The fourth-order valence-corrected chi connectivity index (χ4v) is 5.27. The van der Waals surface area contributed by atoms with E-state index < -0.39 is 53.9 Å². The molecule has 1 aromatic rings. The standard InChI is InChI=1S/C19H26F3IN2O7S/c1-18(2,31-12-10-23(3)32-11-4-5-16(26)27)13-24-33(29,30)15-8-6-14(7-9-15)25-17(28)19(20,21)22/h4-9,24H,10-13H2,1-3H3,(H,25,28)(H,26,27)/b5-4+. The van der Waals surface area contributed by atoms with Gasteiger partial charge in [-0.05, 0) is 0 Å². The number of carboxylic acids is 1. The number of benzene rings is 1. The topological polar surface area (TPSA) is 131 Å². The van der Waals surface area contributed by atoms with Crippen molar-refractivity contribution in [2.75, 3.05) is 34.4 Å². The number of hydrogen-bond acceptors (Lipinski definition) is 6.